The molecule has 1 atom stereocenters. The fraction of sp³-hybridized carbons (Fsp3) is 0.185. The van der Waals surface area contributed by atoms with Gasteiger partial charge in [-0.2, -0.15) is 0 Å². The van der Waals surface area contributed by atoms with Crippen molar-refractivity contribution in [2.45, 2.75) is 31.3 Å². The molecular weight excluding hydrogens is 458 g/mol. The first-order valence-electron chi connectivity index (χ1n) is 11.5. The second-order valence-electron chi connectivity index (χ2n) is 8.34. The minimum Gasteiger partial charge on any atom is -0.325 e. The summed E-state index contributed by atoms with van der Waals surface area (Å²) in [6.45, 7) is 4.29. The van der Waals surface area contributed by atoms with Gasteiger partial charge in [0, 0.05) is 5.69 Å². The van der Waals surface area contributed by atoms with Crippen LogP contribution < -0.4 is 10.9 Å². The van der Waals surface area contributed by atoms with Gasteiger partial charge in [0.25, 0.3) is 5.56 Å². The van der Waals surface area contributed by atoms with Gasteiger partial charge in [0.15, 0.2) is 5.16 Å². The Morgan fingerprint density at radius 1 is 0.971 bits per heavy atom. The van der Waals surface area contributed by atoms with Crippen molar-refractivity contribution in [1.82, 2.24) is 19.2 Å². The van der Waals surface area contributed by atoms with Crippen molar-refractivity contribution in [1.29, 1.82) is 0 Å². The third kappa shape index (κ3) is 4.33. The van der Waals surface area contributed by atoms with Crippen LogP contribution in [0.15, 0.2) is 88.8 Å². The molecule has 2 heterocycles. The maximum absolute atomic E-state index is 13.3. The molecule has 2 aromatic heterocycles. The number of nitrogens with zero attached hydrogens (tertiary/aromatic N) is 4. The van der Waals surface area contributed by atoms with E-state index in [2.05, 4.69) is 35.4 Å². The van der Waals surface area contributed by atoms with Crippen molar-refractivity contribution >= 4 is 40.0 Å². The van der Waals surface area contributed by atoms with E-state index in [0.29, 0.717) is 33.4 Å². The summed E-state index contributed by atoms with van der Waals surface area (Å²) in [5.41, 5.74) is 3.20. The van der Waals surface area contributed by atoms with E-state index in [1.54, 1.807) is 10.6 Å². The molecule has 5 aromatic rings. The lowest BCUT2D eigenvalue weighted by Crippen LogP contribution is -2.22. The number of carbonyl (C=O) groups is 1. The summed E-state index contributed by atoms with van der Waals surface area (Å²) in [5, 5.41) is 12.8. The van der Waals surface area contributed by atoms with Crippen molar-refractivity contribution in [3.8, 4) is 5.69 Å². The summed E-state index contributed by atoms with van der Waals surface area (Å²) in [7, 11) is 0. The van der Waals surface area contributed by atoms with Crippen LogP contribution in [0.2, 0.25) is 0 Å². The van der Waals surface area contributed by atoms with Gasteiger partial charge in [0.05, 0.1) is 22.3 Å². The molecule has 176 valence electrons. The Hall–Kier alpha value is -3.91. The Labute approximate surface area is 206 Å². The van der Waals surface area contributed by atoms with Gasteiger partial charge >= 0.3 is 0 Å². The first-order valence-corrected chi connectivity index (χ1v) is 12.5. The number of benzene rings is 3. The topological polar surface area (TPSA) is 81.3 Å². The molecule has 8 heteroatoms. The van der Waals surface area contributed by atoms with Crippen molar-refractivity contribution in [2.75, 3.05) is 11.1 Å². The number of amides is 1. The van der Waals surface area contributed by atoms with E-state index in [4.69, 9.17) is 0 Å². The van der Waals surface area contributed by atoms with Crippen LogP contribution in [-0.4, -0.2) is 30.8 Å². The SMILES string of the molecule is CC[C@H](C)c1ccccc1NC(=O)CSc1nnc2n(-c3ccccc3)c(=O)c3ccccc3n12. The van der Waals surface area contributed by atoms with Crippen molar-refractivity contribution in [3.05, 3.63) is 94.8 Å². The molecule has 35 heavy (non-hydrogen) atoms. The predicted molar refractivity (Wildman–Crippen MR) is 141 cm³/mol. The van der Waals surface area contributed by atoms with Crippen LogP contribution in [0.3, 0.4) is 0 Å². The Kier molecular flexibility index (Phi) is 6.37. The molecule has 0 saturated heterocycles. The molecule has 0 bridgehead atoms. The Balaban J connectivity index is 1.49. The lowest BCUT2D eigenvalue weighted by molar-refractivity contribution is -0.113. The first kappa shape index (κ1) is 22.9. The van der Waals surface area contributed by atoms with Gasteiger partial charge in [-0.25, -0.2) is 4.57 Å². The lowest BCUT2D eigenvalue weighted by Gasteiger charge is -2.15. The number of thioether (sulfide) groups is 1. The van der Waals surface area contributed by atoms with E-state index in [0.717, 1.165) is 17.7 Å². The maximum atomic E-state index is 13.3. The molecule has 0 aliphatic heterocycles. The summed E-state index contributed by atoms with van der Waals surface area (Å²) in [4.78, 5) is 26.2. The number of hydrogen-bond acceptors (Lipinski definition) is 5. The highest BCUT2D eigenvalue weighted by Crippen LogP contribution is 2.27. The van der Waals surface area contributed by atoms with Crippen LogP contribution in [0.4, 0.5) is 5.69 Å². The monoisotopic (exact) mass is 483 g/mol. The molecule has 0 spiro atoms. The molecule has 0 unspecified atom stereocenters. The van der Waals surface area contributed by atoms with Gasteiger partial charge in [0.2, 0.25) is 11.7 Å². The molecule has 0 fully saturated rings. The fourth-order valence-corrected chi connectivity index (χ4v) is 4.90. The second kappa shape index (κ2) is 9.76. The van der Waals surface area contributed by atoms with Crippen LogP contribution >= 0.6 is 11.8 Å². The summed E-state index contributed by atoms with van der Waals surface area (Å²) in [6.07, 6.45) is 0.990. The Morgan fingerprint density at radius 2 is 1.69 bits per heavy atom. The van der Waals surface area contributed by atoms with E-state index >= 15 is 0 Å². The smallest absolute Gasteiger partial charge is 0.267 e. The van der Waals surface area contributed by atoms with Crippen LogP contribution in [0.25, 0.3) is 22.4 Å². The van der Waals surface area contributed by atoms with Gasteiger partial charge in [-0.1, -0.05) is 74.1 Å². The molecule has 7 nitrogen and oxygen atoms in total. The maximum Gasteiger partial charge on any atom is 0.267 e. The fourth-order valence-electron chi connectivity index (χ4n) is 4.16. The number of aromatic nitrogens is 4. The summed E-state index contributed by atoms with van der Waals surface area (Å²) >= 11 is 1.29. The van der Waals surface area contributed by atoms with Crippen molar-refractivity contribution < 1.29 is 4.79 Å². The van der Waals surface area contributed by atoms with Crippen LogP contribution in [0.1, 0.15) is 31.7 Å². The molecule has 1 N–H and O–H groups in total. The molecule has 0 aliphatic carbocycles. The number of para-hydroxylation sites is 3. The van der Waals surface area contributed by atoms with E-state index in [-0.39, 0.29) is 17.2 Å². The van der Waals surface area contributed by atoms with E-state index in [9.17, 15) is 9.59 Å². The second-order valence-corrected chi connectivity index (χ2v) is 9.29. The third-order valence-electron chi connectivity index (χ3n) is 6.12. The van der Waals surface area contributed by atoms with Crippen LogP contribution in [0, 0.1) is 0 Å². The minimum absolute atomic E-state index is 0.122. The standard InChI is InChI=1S/C27H25N5O2S/c1-3-18(2)20-13-7-9-15-22(20)28-24(33)17-35-27-30-29-26-31(19-11-5-4-6-12-19)25(34)21-14-8-10-16-23(21)32(26)27/h4-16,18H,3,17H2,1-2H3,(H,28,33)/t18-/m0/s1. The van der Waals surface area contributed by atoms with Crippen LogP contribution in [-0.2, 0) is 4.79 Å². The zero-order valence-electron chi connectivity index (χ0n) is 19.5. The lowest BCUT2D eigenvalue weighted by atomic mass is 9.97. The molecule has 0 radical (unpaired) electrons. The summed E-state index contributed by atoms with van der Waals surface area (Å²) in [5.74, 6) is 0.794. The first-order chi connectivity index (χ1) is 17.1. The molecule has 3 aromatic carbocycles. The average molecular weight is 484 g/mol. The molecular formula is C27H25N5O2S. The van der Waals surface area contributed by atoms with Crippen LogP contribution in [0.5, 0.6) is 0 Å². The number of nitrogens with one attached hydrogen (secondary N) is 1. The number of fused-ring (bicyclic) bond motifs is 3. The highest BCUT2D eigenvalue weighted by Gasteiger charge is 2.19. The molecule has 1 amide bonds. The number of rotatable bonds is 7. The van der Waals surface area contributed by atoms with Gasteiger partial charge in [-0.15, -0.1) is 10.2 Å². The largest absolute Gasteiger partial charge is 0.325 e. The van der Waals surface area contributed by atoms with Crippen molar-refractivity contribution in [3.63, 3.8) is 0 Å². The average Bonchev–Trinajstić information content (AvgIpc) is 3.32. The van der Waals surface area contributed by atoms with E-state index < -0.39 is 0 Å². The molecule has 0 saturated carbocycles. The summed E-state index contributed by atoms with van der Waals surface area (Å²) < 4.78 is 3.40. The third-order valence-corrected chi connectivity index (χ3v) is 7.05. The Bertz CT molecular complexity index is 1580. The number of carbonyl (C=O) groups excluding carboxylic acids is 1. The zero-order valence-corrected chi connectivity index (χ0v) is 20.3. The highest BCUT2D eigenvalue weighted by atomic mass is 32.2. The van der Waals surface area contributed by atoms with Gasteiger partial charge in [-0.05, 0) is 48.2 Å². The van der Waals surface area contributed by atoms with Gasteiger partial charge in [0.1, 0.15) is 0 Å². The predicted octanol–water partition coefficient (Wildman–Crippen LogP) is 5.28. The zero-order chi connectivity index (χ0) is 24.4. The van der Waals surface area contributed by atoms with Gasteiger partial charge < -0.3 is 5.32 Å². The van der Waals surface area contributed by atoms with Crippen molar-refractivity contribution in [2.24, 2.45) is 0 Å². The highest BCUT2D eigenvalue weighted by molar-refractivity contribution is 7.99. The summed E-state index contributed by atoms with van der Waals surface area (Å²) in [6, 6.07) is 24.7. The van der Waals surface area contributed by atoms with E-state index in [1.807, 2.05) is 71.1 Å². The normalized spacial score (nSPS) is 12.2. The molecule has 5 rings (SSSR count). The minimum atomic E-state index is -0.164. The van der Waals surface area contributed by atoms with E-state index in [1.165, 1.54) is 11.8 Å². The quantitative estimate of drug-likeness (QED) is 0.319. The number of hydrogen-bond donors (Lipinski definition) is 1. The Morgan fingerprint density at radius 3 is 2.49 bits per heavy atom. The number of anilines is 1. The van der Waals surface area contributed by atoms with Gasteiger partial charge in [-0.3, -0.25) is 14.0 Å². The molecule has 0 aliphatic rings.